The first-order chi connectivity index (χ1) is 20.2. The number of halogens is 2. The molecular weight excluding hydrogens is 561 g/mol. The molecule has 4 amide bonds. The number of carbonyl (C=O) groups is 4. The van der Waals surface area contributed by atoms with Crippen LogP contribution in [0.5, 0.6) is 0 Å². The zero-order valence-electron chi connectivity index (χ0n) is 23.1. The van der Waals surface area contributed by atoms with E-state index in [1.54, 1.807) is 36.5 Å². The van der Waals surface area contributed by atoms with Crippen LogP contribution in [-0.2, 0) is 38.4 Å². The number of primary amides is 1. The second kappa shape index (κ2) is 14.5. The number of hydrogen-bond donors (Lipinski definition) is 1. The molecule has 2 aromatic carbocycles. The predicted octanol–water partition coefficient (Wildman–Crippen LogP) is 2.65. The molecule has 0 aliphatic carbocycles. The monoisotopic (exact) mass is 593 g/mol. The van der Waals surface area contributed by atoms with E-state index in [1.807, 2.05) is 24.3 Å². The first kappa shape index (κ1) is 30.6. The van der Waals surface area contributed by atoms with Gasteiger partial charge in [-0.1, -0.05) is 48.0 Å². The van der Waals surface area contributed by atoms with E-state index in [0.29, 0.717) is 30.0 Å². The van der Waals surface area contributed by atoms with Gasteiger partial charge in [0.15, 0.2) is 0 Å². The lowest BCUT2D eigenvalue weighted by Gasteiger charge is -2.32. The normalized spacial score (nSPS) is 15.4. The van der Waals surface area contributed by atoms with Crippen LogP contribution < -0.4 is 5.73 Å². The van der Waals surface area contributed by atoms with Crippen LogP contribution in [-0.4, -0.2) is 82.1 Å². The van der Waals surface area contributed by atoms with Crippen molar-refractivity contribution in [3.63, 3.8) is 0 Å². The van der Waals surface area contributed by atoms with Crippen molar-refractivity contribution in [1.29, 1.82) is 0 Å². The fourth-order valence-corrected chi connectivity index (χ4v) is 5.17. The quantitative estimate of drug-likeness (QED) is 0.347. The van der Waals surface area contributed by atoms with Gasteiger partial charge in [-0.05, 0) is 54.3 Å². The Hall–Kier alpha value is -4.31. The highest BCUT2D eigenvalue weighted by Crippen LogP contribution is 2.20. The van der Waals surface area contributed by atoms with Crippen molar-refractivity contribution in [3.05, 3.63) is 101 Å². The summed E-state index contributed by atoms with van der Waals surface area (Å²) in [4.78, 5) is 61.4. The second-order valence-corrected chi connectivity index (χ2v) is 10.5. The van der Waals surface area contributed by atoms with Gasteiger partial charge in [0.1, 0.15) is 11.9 Å². The van der Waals surface area contributed by atoms with E-state index in [-0.39, 0.29) is 50.9 Å². The van der Waals surface area contributed by atoms with Crippen molar-refractivity contribution in [2.45, 2.75) is 31.7 Å². The topological polar surface area (TPSA) is 117 Å². The maximum atomic E-state index is 14.0. The molecule has 42 heavy (non-hydrogen) atoms. The highest BCUT2D eigenvalue weighted by atomic mass is 35.5. The van der Waals surface area contributed by atoms with Gasteiger partial charge in [0.2, 0.25) is 23.6 Å². The molecule has 1 aliphatic rings. The minimum atomic E-state index is -1.14. The smallest absolute Gasteiger partial charge is 0.246 e. The van der Waals surface area contributed by atoms with Crippen LogP contribution in [0.15, 0.2) is 72.9 Å². The molecule has 11 heteroatoms. The zero-order chi connectivity index (χ0) is 30.1. The SMILES string of the molecule is NC(=O)CN(CCc1ccccn1)C(=O)C1CC(=O)N(CCc2ccccc2Cl)CC(=O)N1CCc1ccc(F)cc1. The molecule has 1 aliphatic heterocycles. The van der Waals surface area contributed by atoms with E-state index in [0.717, 1.165) is 11.1 Å². The van der Waals surface area contributed by atoms with Gasteiger partial charge in [0.25, 0.3) is 0 Å². The summed E-state index contributed by atoms with van der Waals surface area (Å²) >= 11 is 6.29. The van der Waals surface area contributed by atoms with Gasteiger partial charge in [-0.25, -0.2) is 4.39 Å². The Kier molecular flexibility index (Phi) is 10.6. The summed E-state index contributed by atoms with van der Waals surface area (Å²) in [5.41, 5.74) is 7.80. The van der Waals surface area contributed by atoms with Gasteiger partial charge >= 0.3 is 0 Å². The Morgan fingerprint density at radius 2 is 1.69 bits per heavy atom. The summed E-state index contributed by atoms with van der Waals surface area (Å²) in [5.74, 6) is -2.40. The second-order valence-electron chi connectivity index (χ2n) is 10.1. The molecule has 0 bridgehead atoms. The number of nitrogens with zero attached hydrogens (tertiary/aromatic N) is 4. The van der Waals surface area contributed by atoms with Gasteiger partial charge in [-0.2, -0.15) is 0 Å². The summed E-state index contributed by atoms with van der Waals surface area (Å²) in [6.07, 6.45) is 2.51. The van der Waals surface area contributed by atoms with Crippen molar-refractivity contribution in [3.8, 4) is 0 Å². The van der Waals surface area contributed by atoms with Crippen molar-refractivity contribution >= 4 is 35.2 Å². The molecule has 9 nitrogen and oxygen atoms in total. The van der Waals surface area contributed by atoms with Gasteiger partial charge in [-0.15, -0.1) is 0 Å². The molecule has 1 fully saturated rings. The maximum absolute atomic E-state index is 14.0. The third-order valence-electron chi connectivity index (χ3n) is 7.21. The highest BCUT2D eigenvalue weighted by Gasteiger charge is 2.39. The zero-order valence-corrected chi connectivity index (χ0v) is 23.9. The van der Waals surface area contributed by atoms with Crippen LogP contribution in [0.2, 0.25) is 5.02 Å². The third kappa shape index (κ3) is 8.36. The van der Waals surface area contributed by atoms with Crippen molar-refractivity contribution < 1.29 is 23.6 Å². The van der Waals surface area contributed by atoms with E-state index in [2.05, 4.69) is 4.98 Å². The molecule has 0 radical (unpaired) electrons. The Morgan fingerprint density at radius 1 is 0.952 bits per heavy atom. The summed E-state index contributed by atoms with van der Waals surface area (Å²) in [6, 6.07) is 17.4. The summed E-state index contributed by atoms with van der Waals surface area (Å²) in [5, 5.41) is 0.565. The molecule has 0 spiro atoms. The molecule has 1 aromatic heterocycles. The average Bonchev–Trinajstić information content (AvgIpc) is 3.09. The number of amides is 4. The van der Waals surface area contributed by atoms with Gasteiger partial charge in [-0.3, -0.25) is 24.2 Å². The first-order valence-corrected chi connectivity index (χ1v) is 14.1. The van der Waals surface area contributed by atoms with Crippen LogP contribution in [0.1, 0.15) is 23.2 Å². The summed E-state index contributed by atoms with van der Waals surface area (Å²) in [6.45, 7) is -0.0879. The van der Waals surface area contributed by atoms with Crippen molar-refractivity contribution in [1.82, 2.24) is 19.7 Å². The van der Waals surface area contributed by atoms with Gasteiger partial charge < -0.3 is 20.4 Å². The summed E-state index contributed by atoms with van der Waals surface area (Å²) in [7, 11) is 0. The minimum absolute atomic E-state index is 0.122. The lowest BCUT2D eigenvalue weighted by molar-refractivity contribution is -0.146. The van der Waals surface area contributed by atoms with Crippen LogP contribution in [0.25, 0.3) is 0 Å². The number of hydrogen-bond acceptors (Lipinski definition) is 5. The van der Waals surface area contributed by atoms with E-state index >= 15 is 0 Å². The van der Waals surface area contributed by atoms with Crippen LogP contribution in [0.3, 0.4) is 0 Å². The van der Waals surface area contributed by atoms with Gasteiger partial charge in [0, 0.05) is 43.0 Å². The van der Waals surface area contributed by atoms with Crippen LogP contribution in [0, 0.1) is 5.82 Å². The fourth-order valence-electron chi connectivity index (χ4n) is 4.94. The maximum Gasteiger partial charge on any atom is 0.246 e. The predicted molar refractivity (Wildman–Crippen MR) is 156 cm³/mol. The minimum Gasteiger partial charge on any atom is -0.368 e. The number of nitrogens with two attached hydrogens (primary N) is 1. The largest absolute Gasteiger partial charge is 0.368 e. The number of benzene rings is 2. The van der Waals surface area contributed by atoms with Crippen molar-refractivity contribution in [2.24, 2.45) is 5.73 Å². The van der Waals surface area contributed by atoms with Gasteiger partial charge in [0.05, 0.1) is 19.5 Å². The van der Waals surface area contributed by atoms with E-state index in [4.69, 9.17) is 17.3 Å². The Labute approximate surface area is 249 Å². The lowest BCUT2D eigenvalue weighted by atomic mass is 10.1. The standard InChI is InChI=1S/C31H33ClFN5O4/c32-26-7-2-1-5-23(26)13-16-36-21-30(41)38(18-12-22-8-10-24(33)11-9-22)27(19-29(36)40)31(42)37(20-28(34)39)17-14-25-6-3-4-15-35-25/h1-11,15,27H,12-14,16-21H2,(H2,34,39). The molecule has 1 saturated heterocycles. The molecule has 1 atom stereocenters. The fraction of sp³-hybridized carbons (Fsp3) is 0.323. The van der Waals surface area contributed by atoms with Crippen LogP contribution >= 0.6 is 11.6 Å². The van der Waals surface area contributed by atoms with Crippen LogP contribution in [0.4, 0.5) is 4.39 Å². The molecule has 0 saturated carbocycles. The Bertz CT molecular complexity index is 1410. The number of carbonyl (C=O) groups excluding carboxylic acids is 4. The third-order valence-corrected chi connectivity index (χ3v) is 7.58. The molecule has 2 heterocycles. The first-order valence-electron chi connectivity index (χ1n) is 13.7. The van der Waals surface area contributed by atoms with E-state index < -0.39 is 23.8 Å². The number of rotatable bonds is 12. The highest BCUT2D eigenvalue weighted by molar-refractivity contribution is 6.31. The number of aromatic nitrogens is 1. The molecule has 220 valence electrons. The van der Waals surface area contributed by atoms with E-state index in [9.17, 15) is 23.6 Å². The van der Waals surface area contributed by atoms with Crippen molar-refractivity contribution in [2.75, 3.05) is 32.7 Å². The Morgan fingerprint density at radius 3 is 2.38 bits per heavy atom. The Balaban J connectivity index is 1.57. The van der Waals surface area contributed by atoms with E-state index in [1.165, 1.54) is 26.8 Å². The average molecular weight is 594 g/mol. The lowest BCUT2D eigenvalue weighted by Crippen LogP contribution is -2.53. The molecular formula is C31H33ClFN5O4. The molecule has 2 N–H and O–H groups in total. The number of pyridine rings is 1. The molecule has 1 unspecified atom stereocenters. The molecule has 4 rings (SSSR count). The summed E-state index contributed by atoms with van der Waals surface area (Å²) < 4.78 is 13.5. The molecule has 3 aromatic rings.